The van der Waals surface area contributed by atoms with Crippen LogP contribution in [0.25, 0.3) is 0 Å². The molecule has 0 aliphatic carbocycles. The predicted molar refractivity (Wildman–Crippen MR) is 51.4 cm³/mol. The van der Waals surface area contributed by atoms with Crippen LogP contribution in [0.3, 0.4) is 0 Å². The van der Waals surface area contributed by atoms with Gasteiger partial charge in [-0.25, -0.2) is 9.59 Å². The maximum absolute atomic E-state index is 10.7. The van der Waals surface area contributed by atoms with Crippen LogP contribution in [0.4, 0.5) is 11.4 Å². The summed E-state index contributed by atoms with van der Waals surface area (Å²) in [7, 11) is 0. The van der Waals surface area contributed by atoms with Gasteiger partial charge in [-0.15, -0.1) is 0 Å². The Hall–Kier alpha value is -2.64. The first-order chi connectivity index (χ1) is 7.34. The molecule has 0 aliphatic heterocycles. The van der Waals surface area contributed by atoms with Crippen LogP contribution in [0.15, 0.2) is 12.1 Å². The third kappa shape index (κ3) is 1.90. The molecule has 0 bridgehead atoms. The van der Waals surface area contributed by atoms with E-state index in [1.165, 1.54) is 0 Å². The molecule has 1 aromatic carbocycles. The zero-order chi connectivity index (χ0) is 12.5. The fourth-order valence-electron chi connectivity index (χ4n) is 1.11. The highest BCUT2D eigenvalue weighted by Gasteiger charge is 2.24. The second kappa shape index (κ2) is 3.85. The average Bonchev–Trinajstić information content (AvgIpc) is 2.15. The third-order valence-electron chi connectivity index (χ3n) is 1.83. The van der Waals surface area contributed by atoms with E-state index in [2.05, 4.69) is 0 Å². The van der Waals surface area contributed by atoms with Crippen molar-refractivity contribution in [1.29, 1.82) is 0 Å². The SMILES string of the molecule is Nc1cc(C(=O)O)c([N+](=O)[O-])cc1C(=O)O. The van der Waals surface area contributed by atoms with E-state index in [0.717, 1.165) is 6.07 Å². The normalized spacial score (nSPS) is 9.75. The Morgan fingerprint density at radius 1 is 1.19 bits per heavy atom. The largest absolute Gasteiger partial charge is 0.478 e. The number of nitrogens with two attached hydrogens (primary N) is 1. The Morgan fingerprint density at radius 3 is 2.06 bits per heavy atom. The highest BCUT2D eigenvalue weighted by Crippen LogP contribution is 2.25. The van der Waals surface area contributed by atoms with Crippen molar-refractivity contribution in [2.24, 2.45) is 0 Å². The van der Waals surface area contributed by atoms with Gasteiger partial charge in [0.05, 0.1) is 10.5 Å². The molecule has 4 N–H and O–H groups in total. The topological polar surface area (TPSA) is 144 Å². The van der Waals surface area contributed by atoms with Crippen LogP contribution in [-0.2, 0) is 0 Å². The molecule has 1 aromatic rings. The summed E-state index contributed by atoms with van der Waals surface area (Å²) in [6, 6.07) is 1.38. The molecule has 0 saturated carbocycles. The van der Waals surface area contributed by atoms with Gasteiger partial charge in [-0.3, -0.25) is 10.1 Å². The maximum Gasteiger partial charge on any atom is 0.342 e. The van der Waals surface area contributed by atoms with Gasteiger partial charge in [0.1, 0.15) is 5.56 Å². The summed E-state index contributed by atoms with van der Waals surface area (Å²) in [4.78, 5) is 30.8. The Balaban J connectivity index is 3.55. The first-order valence-corrected chi connectivity index (χ1v) is 3.89. The summed E-state index contributed by atoms with van der Waals surface area (Å²) in [5.41, 5.74) is 2.97. The number of carboxylic acids is 2. The zero-order valence-electron chi connectivity index (χ0n) is 7.71. The number of hydrogen-bond acceptors (Lipinski definition) is 5. The van der Waals surface area contributed by atoms with Gasteiger partial charge in [-0.05, 0) is 6.07 Å². The molecule has 0 saturated heterocycles. The summed E-state index contributed by atoms with van der Waals surface area (Å²) in [5, 5.41) is 27.8. The van der Waals surface area contributed by atoms with Crippen LogP contribution in [-0.4, -0.2) is 27.1 Å². The van der Waals surface area contributed by atoms with E-state index in [0.29, 0.717) is 6.07 Å². The predicted octanol–water partition coefficient (Wildman–Crippen LogP) is 0.573. The minimum atomic E-state index is -1.55. The van der Waals surface area contributed by atoms with Crippen LogP contribution >= 0.6 is 0 Å². The van der Waals surface area contributed by atoms with Crippen molar-refractivity contribution in [2.75, 3.05) is 5.73 Å². The molecule has 0 aromatic heterocycles. The van der Waals surface area contributed by atoms with E-state index in [1.54, 1.807) is 0 Å². The number of nitrogens with zero attached hydrogens (tertiary/aromatic N) is 1. The molecular weight excluding hydrogens is 220 g/mol. The second-order valence-electron chi connectivity index (χ2n) is 2.82. The first kappa shape index (κ1) is 11.4. The van der Waals surface area contributed by atoms with Crippen molar-refractivity contribution in [2.45, 2.75) is 0 Å². The number of hydrogen-bond donors (Lipinski definition) is 3. The molecule has 0 atom stereocenters. The standard InChI is InChI=1S/C8H6N2O6/c9-5-1-4(8(13)14)6(10(15)16)2-3(5)7(11)12/h1-2H,9H2,(H,11,12)(H,13,14). The molecule has 0 radical (unpaired) electrons. The van der Waals surface area contributed by atoms with Gasteiger partial charge < -0.3 is 15.9 Å². The Morgan fingerprint density at radius 2 is 1.69 bits per heavy atom. The summed E-state index contributed by atoms with van der Waals surface area (Å²) in [5.74, 6) is -3.01. The Labute approximate surface area is 88.1 Å². The number of nitrogen functional groups attached to an aromatic ring is 1. The third-order valence-corrected chi connectivity index (χ3v) is 1.83. The zero-order valence-corrected chi connectivity index (χ0v) is 7.71. The smallest absolute Gasteiger partial charge is 0.342 e. The molecule has 0 unspecified atom stereocenters. The molecule has 0 heterocycles. The lowest BCUT2D eigenvalue weighted by atomic mass is 10.1. The lowest BCUT2D eigenvalue weighted by Crippen LogP contribution is -2.09. The lowest BCUT2D eigenvalue weighted by molar-refractivity contribution is -0.385. The number of carboxylic acid groups (broad SMARTS) is 2. The van der Waals surface area contributed by atoms with Crippen molar-refractivity contribution in [3.63, 3.8) is 0 Å². The fraction of sp³-hybridized carbons (Fsp3) is 0. The number of rotatable bonds is 3. The van der Waals surface area contributed by atoms with E-state index < -0.39 is 33.7 Å². The molecular formula is C8H6N2O6. The number of aromatic carboxylic acids is 2. The summed E-state index contributed by atoms with van der Waals surface area (Å²) in [6.45, 7) is 0. The molecule has 84 valence electrons. The number of carbonyl (C=O) groups is 2. The number of anilines is 1. The van der Waals surface area contributed by atoms with Crippen molar-refractivity contribution in [1.82, 2.24) is 0 Å². The molecule has 0 spiro atoms. The van der Waals surface area contributed by atoms with Crippen molar-refractivity contribution in [3.8, 4) is 0 Å². The second-order valence-corrected chi connectivity index (χ2v) is 2.82. The van der Waals surface area contributed by atoms with Crippen molar-refractivity contribution < 1.29 is 24.7 Å². The fourth-order valence-corrected chi connectivity index (χ4v) is 1.11. The van der Waals surface area contributed by atoms with Crippen LogP contribution < -0.4 is 5.73 Å². The number of nitro groups is 1. The van der Waals surface area contributed by atoms with Gasteiger partial charge in [0.2, 0.25) is 0 Å². The Kier molecular flexibility index (Phi) is 2.75. The molecule has 0 fully saturated rings. The summed E-state index contributed by atoms with van der Waals surface area (Å²) >= 11 is 0. The highest BCUT2D eigenvalue weighted by atomic mass is 16.6. The van der Waals surface area contributed by atoms with Crippen LogP contribution in [0.2, 0.25) is 0 Å². The van der Waals surface area contributed by atoms with Crippen molar-refractivity contribution >= 4 is 23.3 Å². The molecule has 8 heteroatoms. The number of benzene rings is 1. The quantitative estimate of drug-likeness (QED) is 0.388. The van der Waals surface area contributed by atoms with E-state index in [-0.39, 0.29) is 5.69 Å². The van der Waals surface area contributed by atoms with Crippen LogP contribution in [0.1, 0.15) is 20.7 Å². The lowest BCUT2D eigenvalue weighted by Gasteiger charge is -2.03. The van der Waals surface area contributed by atoms with Crippen LogP contribution in [0, 0.1) is 10.1 Å². The minimum absolute atomic E-state index is 0.337. The number of nitro benzene ring substituents is 1. The molecule has 16 heavy (non-hydrogen) atoms. The molecule has 8 nitrogen and oxygen atoms in total. The van der Waals surface area contributed by atoms with Gasteiger partial charge in [-0.2, -0.15) is 0 Å². The molecule has 1 rings (SSSR count). The van der Waals surface area contributed by atoms with Gasteiger partial charge in [-0.1, -0.05) is 0 Å². The van der Waals surface area contributed by atoms with Crippen molar-refractivity contribution in [3.05, 3.63) is 33.4 Å². The maximum atomic E-state index is 10.7. The van der Waals surface area contributed by atoms with E-state index in [9.17, 15) is 19.7 Å². The minimum Gasteiger partial charge on any atom is -0.478 e. The molecule has 0 amide bonds. The van der Waals surface area contributed by atoms with E-state index in [4.69, 9.17) is 15.9 Å². The van der Waals surface area contributed by atoms with Crippen LogP contribution in [0.5, 0.6) is 0 Å². The van der Waals surface area contributed by atoms with Gasteiger partial charge in [0.25, 0.3) is 5.69 Å². The monoisotopic (exact) mass is 226 g/mol. The van der Waals surface area contributed by atoms with Gasteiger partial charge in [0.15, 0.2) is 0 Å². The average molecular weight is 226 g/mol. The van der Waals surface area contributed by atoms with E-state index >= 15 is 0 Å². The summed E-state index contributed by atoms with van der Waals surface area (Å²) < 4.78 is 0. The summed E-state index contributed by atoms with van der Waals surface area (Å²) in [6.07, 6.45) is 0. The molecule has 0 aliphatic rings. The highest BCUT2D eigenvalue weighted by molar-refractivity contribution is 6.00. The van der Waals surface area contributed by atoms with E-state index in [1.807, 2.05) is 0 Å². The van der Waals surface area contributed by atoms with Gasteiger partial charge >= 0.3 is 11.9 Å². The Bertz CT molecular complexity index is 496. The first-order valence-electron chi connectivity index (χ1n) is 3.89. The van der Waals surface area contributed by atoms with Gasteiger partial charge in [0, 0.05) is 11.8 Å².